The lowest BCUT2D eigenvalue weighted by molar-refractivity contribution is -0.125. The standard InChI is InChI=1S/C14H21FN2O2/c1-9(10(2)16)14(18)17-8-13(19-3)11-4-6-12(15)7-5-11/h4-7,9-10,13H,8,16H2,1-3H3,(H,17,18). The van der Waals surface area contributed by atoms with Crippen LogP contribution in [0.5, 0.6) is 0 Å². The van der Waals surface area contributed by atoms with Gasteiger partial charge in [0, 0.05) is 25.6 Å². The molecule has 106 valence electrons. The normalized spacial score (nSPS) is 15.6. The number of methoxy groups -OCH3 is 1. The van der Waals surface area contributed by atoms with Gasteiger partial charge in [-0.3, -0.25) is 4.79 Å². The SMILES string of the molecule is COC(CNC(=O)C(C)C(C)N)c1ccc(F)cc1. The van der Waals surface area contributed by atoms with Crippen molar-refractivity contribution < 1.29 is 13.9 Å². The Hall–Kier alpha value is -1.46. The highest BCUT2D eigenvalue weighted by Gasteiger charge is 2.18. The lowest BCUT2D eigenvalue weighted by Gasteiger charge is -2.20. The number of benzene rings is 1. The van der Waals surface area contributed by atoms with Gasteiger partial charge in [-0.1, -0.05) is 19.1 Å². The molecular weight excluding hydrogens is 247 g/mol. The molecule has 0 aromatic heterocycles. The van der Waals surface area contributed by atoms with Gasteiger partial charge in [-0.05, 0) is 24.6 Å². The first-order valence-corrected chi connectivity index (χ1v) is 6.27. The van der Waals surface area contributed by atoms with E-state index in [0.717, 1.165) is 5.56 Å². The number of halogens is 1. The largest absolute Gasteiger partial charge is 0.375 e. The zero-order valence-corrected chi connectivity index (χ0v) is 11.5. The number of hydrogen-bond donors (Lipinski definition) is 2. The van der Waals surface area contributed by atoms with E-state index < -0.39 is 0 Å². The lowest BCUT2D eigenvalue weighted by Crippen LogP contribution is -2.40. The van der Waals surface area contributed by atoms with Gasteiger partial charge in [0.25, 0.3) is 0 Å². The van der Waals surface area contributed by atoms with E-state index in [-0.39, 0.29) is 29.8 Å². The minimum atomic E-state index is -0.301. The van der Waals surface area contributed by atoms with Gasteiger partial charge in [0.2, 0.25) is 5.91 Å². The van der Waals surface area contributed by atoms with Crippen LogP contribution in [0.3, 0.4) is 0 Å². The second-order valence-corrected chi connectivity index (χ2v) is 4.67. The van der Waals surface area contributed by atoms with Crippen molar-refractivity contribution in [3.05, 3.63) is 35.6 Å². The third-order valence-corrected chi connectivity index (χ3v) is 3.19. The van der Waals surface area contributed by atoms with Crippen molar-refractivity contribution in [1.29, 1.82) is 0 Å². The number of nitrogens with two attached hydrogens (primary N) is 1. The van der Waals surface area contributed by atoms with E-state index in [1.807, 2.05) is 0 Å². The number of carbonyl (C=O) groups is 1. The molecule has 19 heavy (non-hydrogen) atoms. The third-order valence-electron chi connectivity index (χ3n) is 3.19. The molecule has 0 radical (unpaired) electrons. The molecule has 0 saturated heterocycles. The number of amides is 1. The molecule has 3 atom stereocenters. The maximum atomic E-state index is 12.8. The fourth-order valence-electron chi connectivity index (χ4n) is 1.61. The zero-order valence-electron chi connectivity index (χ0n) is 11.5. The molecule has 5 heteroatoms. The quantitative estimate of drug-likeness (QED) is 0.824. The summed E-state index contributed by atoms with van der Waals surface area (Å²) in [6.45, 7) is 3.90. The van der Waals surface area contributed by atoms with Gasteiger partial charge in [-0.15, -0.1) is 0 Å². The molecular formula is C14H21FN2O2. The highest BCUT2D eigenvalue weighted by atomic mass is 19.1. The van der Waals surface area contributed by atoms with E-state index in [0.29, 0.717) is 6.54 Å². The van der Waals surface area contributed by atoms with Gasteiger partial charge < -0.3 is 15.8 Å². The molecule has 0 fully saturated rings. The number of carbonyl (C=O) groups excluding carboxylic acids is 1. The Morgan fingerprint density at radius 2 is 1.95 bits per heavy atom. The first-order chi connectivity index (χ1) is 8.95. The van der Waals surface area contributed by atoms with E-state index in [9.17, 15) is 9.18 Å². The zero-order chi connectivity index (χ0) is 14.4. The van der Waals surface area contributed by atoms with Crippen LogP contribution < -0.4 is 11.1 Å². The summed E-state index contributed by atoms with van der Waals surface area (Å²) in [5, 5.41) is 2.79. The fourth-order valence-corrected chi connectivity index (χ4v) is 1.61. The fraction of sp³-hybridized carbons (Fsp3) is 0.500. The average Bonchev–Trinajstić information content (AvgIpc) is 2.40. The van der Waals surface area contributed by atoms with Crippen molar-refractivity contribution in [2.24, 2.45) is 11.7 Å². The molecule has 3 N–H and O–H groups in total. The molecule has 0 aliphatic rings. The Labute approximate surface area is 113 Å². The molecule has 0 bridgehead atoms. The van der Waals surface area contributed by atoms with Gasteiger partial charge in [0.1, 0.15) is 5.82 Å². The van der Waals surface area contributed by atoms with Crippen LogP contribution in [0, 0.1) is 11.7 Å². The van der Waals surface area contributed by atoms with Crippen LogP contribution >= 0.6 is 0 Å². The van der Waals surface area contributed by atoms with Gasteiger partial charge in [0.05, 0.1) is 6.10 Å². The molecule has 0 aliphatic heterocycles. The van der Waals surface area contributed by atoms with E-state index in [1.165, 1.54) is 12.1 Å². The van der Waals surface area contributed by atoms with Crippen LogP contribution in [-0.2, 0) is 9.53 Å². The van der Waals surface area contributed by atoms with Crippen LogP contribution in [0.2, 0.25) is 0 Å². The molecule has 1 amide bonds. The first-order valence-electron chi connectivity index (χ1n) is 6.27. The summed E-state index contributed by atoms with van der Waals surface area (Å²) < 4.78 is 18.1. The van der Waals surface area contributed by atoms with Crippen molar-refractivity contribution in [3.8, 4) is 0 Å². The number of hydrogen-bond acceptors (Lipinski definition) is 3. The summed E-state index contributed by atoms with van der Waals surface area (Å²) in [7, 11) is 1.55. The van der Waals surface area contributed by atoms with Gasteiger partial charge >= 0.3 is 0 Å². The van der Waals surface area contributed by atoms with Crippen LogP contribution in [0.4, 0.5) is 4.39 Å². The van der Waals surface area contributed by atoms with Crippen molar-refractivity contribution in [1.82, 2.24) is 5.32 Å². The highest BCUT2D eigenvalue weighted by molar-refractivity contribution is 5.78. The average molecular weight is 268 g/mol. The maximum absolute atomic E-state index is 12.8. The predicted octanol–water partition coefficient (Wildman–Crippen LogP) is 1.61. The molecule has 1 rings (SSSR count). The van der Waals surface area contributed by atoms with E-state index >= 15 is 0 Å². The molecule has 1 aromatic rings. The first kappa shape index (κ1) is 15.6. The smallest absolute Gasteiger partial charge is 0.224 e. The number of rotatable bonds is 6. The van der Waals surface area contributed by atoms with E-state index in [2.05, 4.69) is 5.32 Å². The molecule has 4 nitrogen and oxygen atoms in total. The van der Waals surface area contributed by atoms with E-state index in [1.54, 1.807) is 33.1 Å². The van der Waals surface area contributed by atoms with Crippen LogP contribution in [0.25, 0.3) is 0 Å². The molecule has 0 spiro atoms. The Balaban J connectivity index is 2.58. The van der Waals surface area contributed by atoms with Gasteiger partial charge in [0.15, 0.2) is 0 Å². The molecule has 1 aromatic carbocycles. The third kappa shape index (κ3) is 4.61. The number of nitrogens with one attached hydrogen (secondary N) is 1. The summed E-state index contributed by atoms with van der Waals surface area (Å²) in [6.07, 6.45) is -0.301. The molecule has 0 heterocycles. The van der Waals surface area contributed by atoms with E-state index in [4.69, 9.17) is 10.5 Å². The Bertz CT molecular complexity index is 406. The van der Waals surface area contributed by atoms with Crippen molar-refractivity contribution in [2.75, 3.05) is 13.7 Å². The Morgan fingerprint density at radius 1 is 1.37 bits per heavy atom. The van der Waals surface area contributed by atoms with Crippen molar-refractivity contribution in [3.63, 3.8) is 0 Å². The minimum absolute atomic E-state index is 0.112. The second-order valence-electron chi connectivity index (χ2n) is 4.67. The van der Waals surface area contributed by atoms with Gasteiger partial charge in [-0.25, -0.2) is 4.39 Å². The minimum Gasteiger partial charge on any atom is -0.375 e. The predicted molar refractivity (Wildman–Crippen MR) is 72.0 cm³/mol. The van der Waals surface area contributed by atoms with Crippen molar-refractivity contribution in [2.45, 2.75) is 26.0 Å². The Morgan fingerprint density at radius 3 is 2.42 bits per heavy atom. The Kier molecular flexibility index (Phi) is 5.92. The summed E-state index contributed by atoms with van der Waals surface area (Å²) >= 11 is 0. The maximum Gasteiger partial charge on any atom is 0.224 e. The molecule has 0 aliphatic carbocycles. The molecule has 3 unspecified atom stereocenters. The second kappa shape index (κ2) is 7.21. The lowest BCUT2D eigenvalue weighted by atomic mass is 10.0. The van der Waals surface area contributed by atoms with Crippen LogP contribution in [0.15, 0.2) is 24.3 Å². The number of ether oxygens (including phenoxy) is 1. The van der Waals surface area contributed by atoms with Crippen LogP contribution in [-0.4, -0.2) is 25.6 Å². The monoisotopic (exact) mass is 268 g/mol. The summed E-state index contributed by atoms with van der Waals surface area (Å²) in [6, 6.07) is 5.82. The van der Waals surface area contributed by atoms with Gasteiger partial charge in [-0.2, -0.15) is 0 Å². The summed E-state index contributed by atoms with van der Waals surface area (Å²) in [5.74, 6) is -0.668. The summed E-state index contributed by atoms with van der Waals surface area (Å²) in [4.78, 5) is 11.8. The molecule has 0 saturated carbocycles. The summed E-state index contributed by atoms with van der Waals surface area (Å²) in [5.41, 5.74) is 6.49. The highest BCUT2D eigenvalue weighted by Crippen LogP contribution is 2.16. The van der Waals surface area contributed by atoms with Crippen LogP contribution in [0.1, 0.15) is 25.5 Å². The topological polar surface area (TPSA) is 64.3 Å². The van der Waals surface area contributed by atoms with Crippen molar-refractivity contribution >= 4 is 5.91 Å².